The second-order valence-corrected chi connectivity index (χ2v) is 5.51. The Bertz CT molecular complexity index is 792. The van der Waals surface area contributed by atoms with Gasteiger partial charge in [-0.1, -0.05) is 6.07 Å². The van der Waals surface area contributed by atoms with E-state index in [1.54, 1.807) is 30.3 Å². The van der Waals surface area contributed by atoms with Crippen LogP contribution in [0.2, 0.25) is 0 Å². The Labute approximate surface area is 143 Å². The average Bonchev–Trinajstić information content (AvgIpc) is 2.65. The predicted molar refractivity (Wildman–Crippen MR) is 87.7 cm³/mol. The summed E-state index contributed by atoms with van der Waals surface area (Å²) in [5.74, 6) is -3.40. The zero-order valence-electron chi connectivity index (χ0n) is 14.0. The SMILES string of the molecule is COc1ccc(N2C(=O)C(F)(F)C2c2ccc(OC)c(OC)c2)cc1. The average molecular weight is 349 g/mol. The molecule has 0 bridgehead atoms. The molecular formula is C18H17F2NO4. The third-order valence-corrected chi connectivity index (χ3v) is 4.18. The van der Waals surface area contributed by atoms with Crippen molar-refractivity contribution in [2.45, 2.75) is 12.0 Å². The lowest BCUT2D eigenvalue weighted by Crippen LogP contribution is -2.64. The van der Waals surface area contributed by atoms with Gasteiger partial charge in [0.05, 0.1) is 21.3 Å². The molecule has 1 aliphatic rings. The Morgan fingerprint density at radius 1 is 0.920 bits per heavy atom. The zero-order valence-corrected chi connectivity index (χ0v) is 14.0. The molecule has 1 amide bonds. The standard InChI is InChI=1S/C18H17F2NO4/c1-23-13-7-5-12(6-8-13)21-16(18(19,20)17(21)22)11-4-9-14(24-2)15(10-11)25-3/h4-10,16H,1-3H3. The molecule has 2 aromatic rings. The van der Waals surface area contributed by atoms with Crippen molar-refractivity contribution in [3.63, 3.8) is 0 Å². The van der Waals surface area contributed by atoms with Crippen molar-refractivity contribution in [1.29, 1.82) is 0 Å². The third kappa shape index (κ3) is 2.65. The van der Waals surface area contributed by atoms with Crippen molar-refractivity contribution in [3.05, 3.63) is 48.0 Å². The molecule has 1 fully saturated rings. The minimum atomic E-state index is -3.49. The maximum Gasteiger partial charge on any atom is 0.349 e. The molecule has 0 spiro atoms. The number of ether oxygens (including phenoxy) is 3. The van der Waals surface area contributed by atoms with Gasteiger partial charge in [0.2, 0.25) is 0 Å². The van der Waals surface area contributed by atoms with E-state index < -0.39 is 17.9 Å². The first-order valence-electron chi connectivity index (χ1n) is 7.51. The smallest absolute Gasteiger partial charge is 0.349 e. The first kappa shape index (κ1) is 17.0. The molecular weight excluding hydrogens is 332 g/mol. The van der Waals surface area contributed by atoms with Crippen LogP contribution in [-0.4, -0.2) is 33.2 Å². The molecule has 25 heavy (non-hydrogen) atoms. The second-order valence-electron chi connectivity index (χ2n) is 5.51. The summed E-state index contributed by atoms with van der Waals surface area (Å²) in [6.07, 6.45) is 0. The van der Waals surface area contributed by atoms with Gasteiger partial charge < -0.3 is 14.2 Å². The Morgan fingerprint density at radius 2 is 1.56 bits per heavy atom. The number of nitrogens with zero attached hydrogens (tertiary/aromatic N) is 1. The van der Waals surface area contributed by atoms with Crippen molar-refractivity contribution in [2.75, 3.05) is 26.2 Å². The van der Waals surface area contributed by atoms with Crippen LogP contribution in [0.1, 0.15) is 11.6 Å². The van der Waals surface area contributed by atoms with Crippen LogP contribution in [0.5, 0.6) is 17.2 Å². The minimum Gasteiger partial charge on any atom is -0.497 e. The Balaban J connectivity index is 2.00. The lowest BCUT2D eigenvalue weighted by atomic mass is 9.88. The fourth-order valence-electron chi connectivity index (χ4n) is 2.88. The largest absolute Gasteiger partial charge is 0.497 e. The van der Waals surface area contributed by atoms with E-state index in [9.17, 15) is 13.6 Å². The summed E-state index contributed by atoms with van der Waals surface area (Å²) >= 11 is 0. The second kappa shape index (κ2) is 6.23. The molecule has 1 unspecified atom stereocenters. The summed E-state index contributed by atoms with van der Waals surface area (Å²) in [7, 11) is 4.39. The van der Waals surface area contributed by atoms with Crippen LogP contribution < -0.4 is 19.1 Å². The summed E-state index contributed by atoms with van der Waals surface area (Å²) in [5, 5.41) is 0. The Hall–Kier alpha value is -2.83. The van der Waals surface area contributed by atoms with Crippen molar-refractivity contribution in [2.24, 2.45) is 0 Å². The van der Waals surface area contributed by atoms with E-state index in [-0.39, 0.29) is 5.56 Å². The van der Waals surface area contributed by atoms with E-state index >= 15 is 0 Å². The predicted octanol–water partition coefficient (Wildman–Crippen LogP) is 3.44. The topological polar surface area (TPSA) is 48.0 Å². The molecule has 0 radical (unpaired) electrons. The molecule has 0 aliphatic carbocycles. The third-order valence-electron chi connectivity index (χ3n) is 4.18. The van der Waals surface area contributed by atoms with Crippen molar-refractivity contribution < 1.29 is 27.8 Å². The molecule has 1 aliphatic heterocycles. The van der Waals surface area contributed by atoms with Gasteiger partial charge >= 0.3 is 11.8 Å². The molecule has 3 rings (SSSR count). The quantitative estimate of drug-likeness (QED) is 0.776. The summed E-state index contributed by atoms with van der Waals surface area (Å²) in [4.78, 5) is 13.1. The van der Waals surface area contributed by atoms with E-state index in [1.165, 1.54) is 33.5 Å². The molecule has 2 aromatic carbocycles. The van der Waals surface area contributed by atoms with Gasteiger partial charge in [-0.2, -0.15) is 8.78 Å². The number of hydrogen-bond donors (Lipinski definition) is 0. The molecule has 1 heterocycles. The first-order valence-corrected chi connectivity index (χ1v) is 7.51. The highest BCUT2D eigenvalue weighted by molar-refractivity contribution is 6.07. The molecule has 132 valence electrons. The number of halogens is 2. The number of amides is 1. The van der Waals surface area contributed by atoms with Gasteiger partial charge in [-0.15, -0.1) is 0 Å². The number of rotatable bonds is 5. The monoisotopic (exact) mass is 349 g/mol. The van der Waals surface area contributed by atoms with Crippen LogP contribution in [0, 0.1) is 0 Å². The van der Waals surface area contributed by atoms with E-state index in [4.69, 9.17) is 14.2 Å². The molecule has 1 saturated heterocycles. The highest BCUT2D eigenvalue weighted by Gasteiger charge is 2.64. The summed E-state index contributed by atoms with van der Waals surface area (Å²) in [5.41, 5.74) is 0.634. The fourth-order valence-corrected chi connectivity index (χ4v) is 2.88. The van der Waals surface area contributed by atoms with E-state index in [1.807, 2.05) is 0 Å². The number of β-lactam (4-membered cyclic amide) rings is 1. The fraction of sp³-hybridized carbons (Fsp3) is 0.278. The van der Waals surface area contributed by atoms with Crippen LogP contribution in [0.4, 0.5) is 14.5 Å². The number of anilines is 1. The number of carbonyl (C=O) groups is 1. The molecule has 5 nitrogen and oxygen atoms in total. The van der Waals surface area contributed by atoms with Crippen LogP contribution >= 0.6 is 0 Å². The van der Waals surface area contributed by atoms with E-state index in [0.717, 1.165) is 4.90 Å². The molecule has 1 atom stereocenters. The molecule has 0 aromatic heterocycles. The van der Waals surface area contributed by atoms with E-state index in [0.29, 0.717) is 22.9 Å². The van der Waals surface area contributed by atoms with Crippen molar-refractivity contribution >= 4 is 11.6 Å². The number of hydrogen-bond acceptors (Lipinski definition) is 4. The summed E-state index contributed by atoms with van der Waals surface area (Å²) < 4.78 is 43.9. The maximum atomic E-state index is 14.3. The molecule has 0 saturated carbocycles. The molecule has 7 heteroatoms. The summed E-state index contributed by atoms with van der Waals surface area (Å²) in [6, 6.07) is 9.46. The van der Waals surface area contributed by atoms with Crippen LogP contribution in [0.25, 0.3) is 0 Å². The van der Waals surface area contributed by atoms with Gasteiger partial charge in [-0.3, -0.25) is 9.69 Å². The highest BCUT2D eigenvalue weighted by atomic mass is 19.3. The van der Waals surface area contributed by atoms with Gasteiger partial charge in [0.25, 0.3) is 0 Å². The maximum absolute atomic E-state index is 14.3. The van der Waals surface area contributed by atoms with Gasteiger partial charge in [0.15, 0.2) is 11.5 Å². The molecule has 0 N–H and O–H groups in total. The van der Waals surface area contributed by atoms with Gasteiger partial charge in [-0.25, -0.2) is 0 Å². The number of benzene rings is 2. The lowest BCUT2D eigenvalue weighted by Gasteiger charge is -2.46. The van der Waals surface area contributed by atoms with Crippen LogP contribution in [0.15, 0.2) is 42.5 Å². The zero-order chi connectivity index (χ0) is 18.2. The van der Waals surface area contributed by atoms with Crippen LogP contribution in [-0.2, 0) is 4.79 Å². The highest BCUT2D eigenvalue weighted by Crippen LogP contribution is 2.50. The number of carbonyl (C=O) groups excluding carboxylic acids is 1. The number of alkyl halides is 2. The Morgan fingerprint density at radius 3 is 2.12 bits per heavy atom. The van der Waals surface area contributed by atoms with Gasteiger partial charge in [0, 0.05) is 5.69 Å². The van der Waals surface area contributed by atoms with Gasteiger partial charge in [0.1, 0.15) is 11.8 Å². The van der Waals surface area contributed by atoms with Crippen molar-refractivity contribution in [1.82, 2.24) is 0 Å². The summed E-state index contributed by atoms with van der Waals surface area (Å²) in [6.45, 7) is 0. The van der Waals surface area contributed by atoms with Gasteiger partial charge in [-0.05, 0) is 42.0 Å². The Kier molecular flexibility index (Phi) is 4.24. The van der Waals surface area contributed by atoms with E-state index in [2.05, 4.69) is 0 Å². The van der Waals surface area contributed by atoms with Crippen molar-refractivity contribution in [3.8, 4) is 17.2 Å². The lowest BCUT2D eigenvalue weighted by molar-refractivity contribution is -0.162. The minimum absolute atomic E-state index is 0.262. The normalized spacial score (nSPS) is 18.5. The van der Waals surface area contributed by atoms with Crippen LogP contribution in [0.3, 0.4) is 0 Å². The number of methoxy groups -OCH3 is 3. The first-order chi connectivity index (χ1) is 11.9.